The number of H-pyrrole nitrogens is 1. The van der Waals surface area contributed by atoms with Gasteiger partial charge in [0.1, 0.15) is 5.82 Å². The number of carboxylic acids is 1. The Labute approximate surface area is 110 Å². The van der Waals surface area contributed by atoms with E-state index in [9.17, 15) is 13.6 Å². The maximum Gasteiger partial charge on any atom is 0.336 e. The van der Waals surface area contributed by atoms with Gasteiger partial charge in [-0.15, -0.1) is 0 Å². The monoisotopic (exact) mass is 275 g/mol. The first-order valence-corrected chi connectivity index (χ1v) is 5.59. The van der Waals surface area contributed by atoms with Crippen LogP contribution in [0.2, 0.25) is 0 Å². The van der Waals surface area contributed by atoms with Gasteiger partial charge in [0.15, 0.2) is 17.3 Å². The van der Waals surface area contributed by atoms with Crippen molar-refractivity contribution in [2.24, 2.45) is 0 Å². The molecule has 2 aromatic heterocycles. The van der Waals surface area contributed by atoms with E-state index in [4.69, 9.17) is 5.11 Å². The van der Waals surface area contributed by atoms with Gasteiger partial charge in [0.2, 0.25) is 0 Å². The molecule has 2 heterocycles. The molecule has 20 heavy (non-hydrogen) atoms. The summed E-state index contributed by atoms with van der Waals surface area (Å²) in [5.74, 6) is -3.61. The number of imidazole rings is 1. The van der Waals surface area contributed by atoms with Crippen LogP contribution < -0.4 is 0 Å². The van der Waals surface area contributed by atoms with Crippen LogP contribution in [0.3, 0.4) is 0 Å². The zero-order valence-corrected chi connectivity index (χ0v) is 9.89. The fourth-order valence-electron chi connectivity index (χ4n) is 1.89. The van der Waals surface area contributed by atoms with Crippen LogP contribution in [-0.2, 0) is 0 Å². The van der Waals surface area contributed by atoms with Crippen LogP contribution in [0.1, 0.15) is 10.4 Å². The molecule has 0 fully saturated rings. The van der Waals surface area contributed by atoms with E-state index in [1.807, 2.05) is 0 Å². The van der Waals surface area contributed by atoms with Crippen molar-refractivity contribution in [2.75, 3.05) is 0 Å². The van der Waals surface area contributed by atoms with Gasteiger partial charge in [0.05, 0.1) is 11.1 Å². The summed E-state index contributed by atoms with van der Waals surface area (Å²) in [6.07, 6.45) is 1.52. The van der Waals surface area contributed by atoms with E-state index in [1.165, 1.54) is 6.20 Å². The predicted molar refractivity (Wildman–Crippen MR) is 66.2 cm³/mol. The fourth-order valence-corrected chi connectivity index (χ4v) is 1.89. The zero-order chi connectivity index (χ0) is 14.3. The number of hydrogen-bond donors (Lipinski definition) is 2. The highest BCUT2D eigenvalue weighted by atomic mass is 19.2. The summed E-state index contributed by atoms with van der Waals surface area (Å²) in [4.78, 5) is 22.0. The largest absolute Gasteiger partial charge is 0.478 e. The van der Waals surface area contributed by atoms with E-state index in [2.05, 4.69) is 15.0 Å². The van der Waals surface area contributed by atoms with Crippen LogP contribution >= 0.6 is 0 Å². The number of pyridine rings is 1. The molecule has 0 aliphatic carbocycles. The Balaban J connectivity index is 2.27. The second-order valence-electron chi connectivity index (χ2n) is 4.08. The molecule has 5 nitrogen and oxygen atoms in total. The lowest BCUT2D eigenvalue weighted by Gasteiger charge is -2.04. The van der Waals surface area contributed by atoms with Crippen LogP contribution in [0, 0.1) is 11.6 Å². The number of aromatic carboxylic acids is 1. The van der Waals surface area contributed by atoms with Gasteiger partial charge in [-0.3, -0.25) is 0 Å². The Kier molecular flexibility index (Phi) is 2.67. The molecule has 0 spiro atoms. The summed E-state index contributed by atoms with van der Waals surface area (Å²) in [5, 5.41) is 9.07. The number of carboxylic acid groups (broad SMARTS) is 1. The number of rotatable bonds is 2. The van der Waals surface area contributed by atoms with E-state index in [1.54, 1.807) is 12.1 Å². The average Bonchev–Trinajstić information content (AvgIpc) is 2.84. The van der Waals surface area contributed by atoms with Crippen LogP contribution in [0.15, 0.2) is 30.5 Å². The highest BCUT2D eigenvalue weighted by molar-refractivity contribution is 5.95. The maximum atomic E-state index is 13.3. The van der Waals surface area contributed by atoms with Crippen molar-refractivity contribution in [2.45, 2.75) is 0 Å². The van der Waals surface area contributed by atoms with Crippen molar-refractivity contribution >= 4 is 17.1 Å². The molecule has 1 aromatic carbocycles. The van der Waals surface area contributed by atoms with Crippen molar-refractivity contribution in [3.63, 3.8) is 0 Å². The van der Waals surface area contributed by atoms with Gasteiger partial charge < -0.3 is 10.1 Å². The van der Waals surface area contributed by atoms with Gasteiger partial charge in [-0.2, -0.15) is 0 Å². The van der Waals surface area contributed by atoms with Gasteiger partial charge in [-0.1, -0.05) is 0 Å². The van der Waals surface area contributed by atoms with E-state index < -0.39 is 17.6 Å². The minimum Gasteiger partial charge on any atom is -0.478 e. The average molecular weight is 275 g/mol. The maximum absolute atomic E-state index is 13.3. The number of fused-ring (bicyclic) bond motifs is 1. The summed E-state index contributed by atoms with van der Waals surface area (Å²) >= 11 is 0. The number of aromatic nitrogens is 3. The molecule has 0 amide bonds. The van der Waals surface area contributed by atoms with Crippen LogP contribution in [0.25, 0.3) is 22.6 Å². The lowest BCUT2D eigenvalue weighted by Crippen LogP contribution is -2.03. The van der Waals surface area contributed by atoms with Crippen molar-refractivity contribution in [1.29, 1.82) is 0 Å². The Morgan fingerprint density at radius 1 is 1.25 bits per heavy atom. The second-order valence-corrected chi connectivity index (χ2v) is 4.08. The number of nitrogens with zero attached hydrogens (tertiary/aromatic N) is 2. The molecule has 3 aromatic rings. The minimum absolute atomic E-state index is 0.0330. The topological polar surface area (TPSA) is 78.9 Å². The number of benzene rings is 1. The van der Waals surface area contributed by atoms with Crippen molar-refractivity contribution in [3.8, 4) is 11.4 Å². The third kappa shape index (κ3) is 1.89. The van der Waals surface area contributed by atoms with Gasteiger partial charge in [0.25, 0.3) is 0 Å². The molecular formula is C13H7F2N3O2. The molecule has 2 N–H and O–H groups in total. The molecule has 0 aliphatic heterocycles. The normalized spacial score (nSPS) is 10.9. The fraction of sp³-hybridized carbons (Fsp3) is 0. The van der Waals surface area contributed by atoms with Gasteiger partial charge in [-0.05, 0) is 24.3 Å². The standard InChI is InChI=1S/C13H7F2N3O2/c14-8-4-6(7(13(19)20)5-9(8)15)11-17-10-2-1-3-16-12(10)18-11/h1-5H,(H,19,20)(H,16,17,18). The predicted octanol–water partition coefficient (Wildman–Crippen LogP) is 2.60. The molecule has 0 aliphatic rings. The zero-order valence-electron chi connectivity index (χ0n) is 9.89. The first-order valence-electron chi connectivity index (χ1n) is 5.59. The summed E-state index contributed by atoms with van der Waals surface area (Å²) in [5.41, 5.74) is 0.532. The number of carbonyl (C=O) groups is 1. The van der Waals surface area contributed by atoms with Crippen molar-refractivity contribution in [1.82, 2.24) is 15.0 Å². The molecule has 0 atom stereocenters. The summed E-state index contributed by atoms with van der Waals surface area (Å²) in [6.45, 7) is 0. The van der Waals surface area contributed by atoms with Gasteiger partial charge >= 0.3 is 5.97 Å². The highest BCUT2D eigenvalue weighted by Gasteiger charge is 2.19. The number of halogens is 2. The van der Waals surface area contributed by atoms with E-state index >= 15 is 0 Å². The highest BCUT2D eigenvalue weighted by Crippen LogP contribution is 2.25. The van der Waals surface area contributed by atoms with Crippen LogP contribution in [0.5, 0.6) is 0 Å². The summed E-state index contributed by atoms with van der Waals surface area (Å²) in [7, 11) is 0. The lowest BCUT2D eigenvalue weighted by molar-refractivity contribution is 0.0697. The minimum atomic E-state index is -1.37. The van der Waals surface area contributed by atoms with E-state index in [0.717, 1.165) is 6.07 Å². The quantitative estimate of drug-likeness (QED) is 0.753. The smallest absolute Gasteiger partial charge is 0.336 e. The molecule has 7 heteroatoms. The Hall–Kier alpha value is -2.83. The Morgan fingerprint density at radius 2 is 2.00 bits per heavy atom. The third-order valence-electron chi connectivity index (χ3n) is 2.80. The summed E-state index contributed by atoms with van der Waals surface area (Å²) in [6, 6.07) is 4.80. The summed E-state index contributed by atoms with van der Waals surface area (Å²) < 4.78 is 26.5. The van der Waals surface area contributed by atoms with Gasteiger partial charge in [-0.25, -0.2) is 23.5 Å². The van der Waals surface area contributed by atoms with Crippen molar-refractivity contribution < 1.29 is 18.7 Å². The van der Waals surface area contributed by atoms with Crippen LogP contribution in [-0.4, -0.2) is 26.0 Å². The third-order valence-corrected chi connectivity index (χ3v) is 2.80. The first-order chi connectivity index (χ1) is 9.56. The van der Waals surface area contributed by atoms with E-state index in [-0.39, 0.29) is 17.0 Å². The van der Waals surface area contributed by atoms with Gasteiger partial charge in [0, 0.05) is 11.8 Å². The molecular weight excluding hydrogens is 268 g/mol. The molecule has 0 unspecified atom stereocenters. The molecule has 0 radical (unpaired) electrons. The molecule has 0 bridgehead atoms. The number of nitrogens with one attached hydrogen (secondary N) is 1. The Morgan fingerprint density at radius 3 is 2.70 bits per heavy atom. The number of hydrogen-bond acceptors (Lipinski definition) is 3. The first kappa shape index (κ1) is 12.2. The SMILES string of the molecule is O=C(O)c1cc(F)c(F)cc1-c1nc2ncccc2[nH]1. The van der Waals surface area contributed by atoms with Crippen LogP contribution in [0.4, 0.5) is 8.78 Å². The molecule has 0 saturated carbocycles. The molecule has 0 saturated heterocycles. The van der Waals surface area contributed by atoms with E-state index in [0.29, 0.717) is 17.2 Å². The molecule has 100 valence electrons. The lowest BCUT2D eigenvalue weighted by atomic mass is 10.1. The second kappa shape index (κ2) is 4.37. The Bertz CT molecular complexity index is 797. The molecule has 3 rings (SSSR count). The number of aromatic amines is 1. The van der Waals surface area contributed by atoms with Crippen molar-refractivity contribution in [3.05, 3.63) is 47.7 Å².